The fourth-order valence-electron chi connectivity index (χ4n) is 2.25. The second kappa shape index (κ2) is 6.79. The van der Waals surface area contributed by atoms with Gasteiger partial charge in [-0.05, 0) is 13.3 Å². The van der Waals surface area contributed by atoms with Gasteiger partial charge in [0, 0.05) is 5.75 Å². The number of carboxylic acid groups (broad SMARTS) is 1. The lowest BCUT2D eigenvalue weighted by Crippen LogP contribution is -2.50. The Morgan fingerprint density at radius 3 is 3.00 bits per heavy atom. The van der Waals surface area contributed by atoms with Crippen LogP contribution in [0.2, 0.25) is 0 Å². The molecule has 9 heteroatoms. The summed E-state index contributed by atoms with van der Waals surface area (Å²) in [5.74, 6) is -0.0120. The normalized spacial score (nSPS) is 23.0. The van der Waals surface area contributed by atoms with Crippen LogP contribution in [0.5, 0.6) is 0 Å². The van der Waals surface area contributed by atoms with E-state index in [2.05, 4.69) is 20.5 Å². The monoisotopic (exact) mass is 313 g/mol. The van der Waals surface area contributed by atoms with Gasteiger partial charge in [0.05, 0.1) is 11.4 Å². The van der Waals surface area contributed by atoms with Gasteiger partial charge in [0.2, 0.25) is 0 Å². The van der Waals surface area contributed by atoms with Gasteiger partial charge in [-0.2, -0.15) is 5.10 Å². The Hall–Kier alpha value is -1.77. The third kappa shape index (κ3) is 3.46. The number of thioether (sulfide) groups is 1. The Labute approximate surface area is 126 Å². The molecule has 1 aliphatic heterocycles. The number of carboxylic acids is 1. The summed E-state index contributed by atoms with van der Waals surface area (Å²) in [6.07, 6.45) is 3.04. The highest BCUT2D eigenvalue weighted by Gasteiger charge is 2.41. The average molecular weight is 313 g/mol. The molecular weight excluding hydrogens is 294 g/mol. The SMILES string of the molecule is CCCC1SCC(C(=O)O)N1C(=O)NC(C)c1ncn[nH]1. The van der Waals surface area contributed by atoms with Crippen molar-refractivity contribution in [1.29, 1.82) is 0 Å². The molecule has 1 aliphatic rings. The second-order valence-corrected chi connectivity index (χ2v) is 6.09. The van der Waals surface area contributed by atoms with E-state index in [-0.39, 0.29) is 17.4 Å². The molecule has 116 valence electrons. The molecule has 0 spiro atoms. The Morgan fingerprint density at radius 1 is 1.67 bits per heavy atom. The van der Waals surface area contributed by atoms with Crippen molar-refractivity contribution in [2.75, 3.05) is 5.75 Å². The highest BCUT2D eigenvalue weighted by molar-refractivity contribution is 8.00. The summed E-state index contributed by atoms with van der Waals surface area (Å²) in [5.41, 5.74) is 0. The van der Waals surface area contributed by atoms with Gasteiger partial charge in [0.25, 0.3) is 0 Å². The maximum atomic E-state index is 12.4. The van der Waals surface area contributed by atoms with Crippen LogP contribution in [0.25, 0.3) is 0 Å². The topological polar surface area (TPSA) is 111 Å². The molecule has 0 radical (unpaired) electrons. The second-order valence-electron chi connectivity index (χ2n) is 4.88. The first-order valence-electron chi connectivity index (χ1n) is 6.83. The fourth-order valence-corrected chi connectivity index (χ4v) is 3.76. The Bertz CT molecular complexity index is 495. The third-order valence-corrected chi connectivity index (χ3v) is 4.69. The van der Waals surface area contributed by atoms with Crippen LogP contribution in [0.15, 0.2) is 6.33 Å². The number of hydrogen-bond acceptors (Lipinski definition) is 5. The molecule has 2 amide bonds. The van der Waals surface area contributed by atoms with E-state index in [1.807, 2.05) is 6.92 Å². The molecule has 0 bridgehead atoms. The van der Waals surface area contributed by atoms with Crippen LogP contribution in [0, 0.1) is 0 Å². The summed E-state index contributed by atoms with van der Waals surface area (Å²) < 4.78 is 0. The molecule has 0 saturated carbocycles. The lowest BCUT2D eigenvalue weighted by molar-refractivity contribution is -0.141. The molecule has 3 atom stereocenters. The van der Waals surface area contributed by atoms with E-state index in [9.17, 15) is 14.7 Å². The molecule has 8 nitrogen and oxygen atoms in total. The number of nitrogens with zero attached hydrogens (tertiary/aromatic N) is 3. The summed E-state index contributed by atoms with van der Waals surface area (Å²) in [4.78, 5) is 29.2. The highest BCUT2D eigenvalue weighted by atomic mass is 32.2. The molecule has 21 heavy (non-hydrogen) atoms. The number of nitrogens with one attached hydrogen (secondary N) is 2. The van der Waals surface area contributed by atoms with Gasteiger partial charge in [-0.15, -0.1) is 11.8 Å². The van der Waals surface area contributed by atoms with Crippen molar-refractivity contribution in [2.45, 2.75) is 44.1 Å². The quantitative estimate of drug-likeness (QED) is 0.753. The van der Waals surface area contributed by atoms with Gasteiger partial charge >= 0.3 is 12.0 Å². The van der Waals surface area contributed by atoms with Crippen LogP contribution in [0.3, 0.4) is 0 Å². The highest BCUT2D eigenvalue weighted by Crippen LogP contribution is 2.32. The summed E-state index contributed by atoms with van der Waals surface area (Å²) in [7, 11) is 0. The lowest BCUT2D eigenvalue weighted by Gasteiger charge is -2.28. The van der Waals surface area contributed by atoms with Crippen molar-refractivity contribution < 1.29 is 14.7 Å². The molecule has 0 aromatic carbocycles. The minimum absolute atomic E-state index is 0.0990. The van der Waals surface area contributed by atoms with Crippen molar-refractivity contribution in [2.24, 2.45) is 0 Å². The molecule has 2 rings (SSSR count). The number of aromatic amines is 1. The van der Waals surface area contributed by atoms with Crippen molar-refractivity contribution in [3.8, 4) is 0 Å². The minimum Gasteiger partial charge on any atom is -0.480 e. The predicted octanol–water partition coefficient (Wildman–Crippen LogP) is 1.20. The zero-order valence-corrected chi connectivity index (χ0v) is 12.8. The van der Waals surface area contributed by atoms with Crippen molar-refractivity contribution in [3.63, 3.8) is 0 Å². The smallest absolute Gasteiger partial charge is 0.327 e. The van der Waals surface area contributed by atoms with Gasteiger partial charge < -0.3 is 10.4 Å². The number of aromatic nitrogens is 3. The van der Waals surface area contributed by atoms with E-state index in [4.69, 9.17) is 0 Å². The zero-order valence-electron chi connectivity index (χ0n) is 11.9. The predicted molar refractivity (Wildman–Crippen MR) is 77.7 cm³/mol. The van der Waals surface area contributed by atoms with Crippen molar-refractivity contribution in [1.82, 2.24) is 25.4 Å². The van der Waals surface area contributed by atoms with Crippen LogP contribution in [0.1, 0.15) is 38.6 Å². The molecule has 3 unspecified atom stereocenters. The number of aliphatic carboxylic acids is 1. The van der Waals surface area contributed by atoms with E-state index in [0.717, 1.165) is 12.8 Å². The van der Waals surface area contributed by atoms with Gasteiger partial charge in [0.1, 0.15) is 18.2 Å². The number of amides is 2. The molecule has 2 heterocycles. The number of hydrogen-bond donors (Lipinski definition) is 3. The van der Waals surface area contributed by atoms with E-state index in [0.29, 0.717) is 11.6 Å². The maximum absolute atomic E-state index is 12.4. The summed E-state index contributed by atoms with van der Waals surface area (Å²) in [6.45, 7) is 3.79. The zero-order chi connectivity index (χ0) is 15.4. The molecule has 1 aromatic rings. The van der Waals surface area contributed by atoms with Crippen LogP contribution in [-0.2, 0) is 4.79 Å². The fraction of sp³-hybridized carbons (Fsp3) is 0.667. The van der Waals surface area contributed by atoms with Gasteiger partial charge in [-0.1, -0.05) is 13.3 Å². The van der Waals surface area contributed by atoms with Crippen LogP contribution < -0.4 is 5.32 Å². The van der Waals surface area contributed by atoms with E-state index >= 15 is 0 Å². The van der Waals surface area contributed by atoms with Crippen LogP contribution in [0.4, 0.5) is 4.79 Å². The van der Waals surface area contributed by atoms with Gasteiger partial charge in [0.15, 0.2) is 0 Å². The first-order chi connectivity index (χ1) is 10.0. The summed E-state index contributed by atoms with van der Waals surface area (Å²) >= 11 is 1.51. The molecule has 1 saturated heterocycles. The molecule has 1 aromatic heterocycles. The first-order valence-corrected chi connectivity index (χ1v) is 7.88. The number of rotatable bonds is 5. The molecular formula is C12H19N5O3S. The third-order valence-electron chi connectivity index (χ3n) is 3.33. The number of H-pyrrole nitrogens is 1. The molecule has 1 fully saturated rings. The number of carbonyl (C=O) groups is 2. The lowest BCUT2D eigenvalue weighted by atomic mass is 10.2. The van der Waals surface area contributed by atoms with Crippen LogP contribution >= 0.6 is 11.8 Å². The summed E-state index contributed by atoms with van der Waals surface area (Å²) in [6, 6.07) is -1.52. The molecule has 3 N–H and O–H groups in total. The number of carbonyl (C=O) groups excluding carboxylic acids is 1. The Kier molecular flexibility index (Phi) is 5.05. The van der Waals surface area contributed by atoms with Crippen molar-refractivity contribution in [3.05, 3.63) is 12.2 Å². The van der Waals surface area contributed by atoms with Gasteiger partial charge in [-0.3, -0.25) is 10.00 Å². The van der Waals surface area contributed by atoms with Crippen LogP contribution in [-0.4, -0.2) is 54.4 Å². The van der Waals surface area contributed by atoms with E-state index < -0.39 is 12.0 Å². The average Bonchev–Trinajstić information content (AvgIpc) is 3.08. The Balaban J connectivity index is 2.07. The van der Waals surface area contributed by atoms with Gasteiger partial charge in [-0.25, -0.2) is 14.6 Å². The Morgan fingerprint density at radius 2 is 2.43 bits per heavy atom. The van der Waals surface area contributed by atoms with Crippen molar-refractivity contribution >= 4 is 23.8 Å². The minimum atomic E-state index is -0.969. The molecule has 0 aliphatic carbocycles. The number of urea groups is 1. The van der Waals surface area contributed by atoms with E-state index in [1.165, 1.54) is 23.0 Å². The largest absolute Gasteiger partial charge is 0.480 e. The summed E-state index contributed by atoms with van der Waals surface area (Å²) in [5, 5.41) is 18.4. The first kappa shape index (κ1) is 15.6. The van der Waals surface area contributed by atoms with E-state index in [1.54, 1.807) is 6.92 Å². The standard InChI is InChI=1S/C12H19N5O3S/c1-3-4-9-17(8(5-21-9)11(18)19)12(20)15-7(2)10-13-6-14-16-10/h6-9H,3-5H2,1-2H3,(H,15,20)(H,18,19)(H,13,14,16). The maximum Gasteiger partial charge on any atom is 0.327 e.